The maximum absolute atomic E-state index is 4.54. The van der Waals surface area contributed by atoms with Crippen LogP contribution in [0, 0.1) is 6.92 Å². The number of imidazole rings is 1. The summed E-state index contributed by atoms with van der Waals surface area (Å²) in [5.74, 6) is 0. The van der Waals surface area contributed by atoms with E-state index in [4.69, 9.17) is 0 Å². The number of benzene rings is 2. The van der Waals surface area contributed by atoms with Crippen molar-refractivity contribution >= 4 is 16.7 Å². The van der Waals surface area contributed by atoms with Crippen molar-refractivity contribution < 1.29 is 0 Å². The molecule has 0 amide bonds. The molecule has 0 aliphatic carbocycles. The zero-order valence-electron chi connectivity index (χ0n) is 13.7. The molecule has 0 radical (unpaired) electrons. The summed E-state index contributed by atoms with van der Waals surface area (Å²) in [6.07, 6.45) is 3.68. The van der Waals surface area contributed by atoms with Crippen molar-refractivity contribution in [3.8, 4) is 16.9 Å². The quantitative estimate of drug-likeness (QED) is 0.492. The molecule has 0 saturated heterocycles. The van der Waals surface area contributed by atoms with Gasteiger partial charge in [0.05, 0.1) is 22.4 Å². The molecule has 25 heavy (non-hydrogen) atoms. The Morgan fingerprint density at radius 2 is 1.72 bits per heavy atom. The van der Waals surface area contributed by atoms with Crippen LogP contribution in [0.5, 0.6) is 0 Å². The number of rotatable bonds is 2. The van der Waals surface area contributed by atoms with E-state index in [9.17, 15) is 0 Å². The lowest BCUT2D eigenvalue weighted by Gasteiger charge is -2.08. The second kappa shape index (κ2) is 5.27. The Hall–Kier alpha value is -3.47. The first-order valence-electron chi connectivity index (χ1n) is 8.14. The number of para-hydroxylation sites is 2. The van der Waals surface area contributed by atoms with Crippen LogP contribution in [0.25, 0.3) is 33.6 Å². The molecule has 0 unspecified atom stereocenters. The van der Waals surface area contributed by atoms with Gasteiger partial charge in [-0.25, -0.2) is 14.5 Å². The summed E-state index contributed by atoms with van der Waals surface area (Å²) in [5, 5.41) is 4.54. The molecule has 3 heterocycles. The molecule has 0 bridgehead atoms. The van der Waals surface area contributed by atoms with E-state index in [-0.39, 0.29) is 0 Å². The minimum atomic E-state index is 0.861. The van der Waals surface area contributed by atoms with Gasteiger partial charge in [-0.3, -0.25) is 4.57 Å². The Morgan fingerprint density at radius 3 is 2.60 bits per heavy atom. The third kappa shape index (κ3) is 2.21. The SMILES string of the molecule is Cc1cc2nccc(-c3ccc(-n4cnc5ccccc54)cc3)n2n1. The first-order valence-corrected chi connectivity index (χ1v) is 8.14. The lowest BCUT2D eigenvalue weighted by atomic mass is 10.1. The Kier molecular flexibility index (Phi) is 2.94. The van der Waals surface area contributed by atoms with Crippen molar-refractivity contribution in [2.75, 3.05) is 0 Å². The number of fused-ring (bicyclic) bond motifs is 2. The van der Waals surface area contributed by atoms with Crippen molar-refractivity contribution in [2.45, 2.75) is 6.92 Å². The second-order valence-corrected chi connectivity index (χ2v) is 6.04. The van der Waals surface area contributed by atoms with Crippen molar-refractivity contribution in [1.29, 1.82) is 0 Å². The van der Waals surface area contributed by atoms with Crippen molar-refractivity contribution in [3.05, 3.63) is 78.9 Å². The van der Waals surface area contributed by atoms with Gasteiger partial charge in [-0.1, -0.05) is 24.3 Å². The first-order chi connectivity index (χ1) is 12.3. The van der Waals surface area contributed by atoms with Crippen LogP contribution in [0.15, 0.2) is 73.2 Å². The molecule has 3 aromatic heterocycles. The second-order valence-electron chi connectivity index (χ2n) is 6.04. The fraction of sp³-hybridized carbons (Fsp3) is 0.0500. The van der Waals surface area contributed by atoms with Crippen LogP contribution in [-0.4, -0.2) is 24.1 Å². The first kappa shape index (κ1) is 13.9. The largest absolute Gasteiger partial charge is 0.299 e. The van der Waals surface area contributed by atoms with Gasteiger partial charge in [0.2, 0.25) is 0 Å². The molecule has 0 spiro atoms. The zero-order chi connectivity index (χ0) is 16.8. The van der Waals surface area contributed by atoms with Crippen LogP contribution < -0.4 is 0 Å². The van der Waals surface area contributed by atoms with E-state index in [1.54, 1.807) is 0 Å². The van der Waals surface area contributed by atoms with Gasteiger partial charge in [0.15, 0.2) is 5.65 Å². The van der Waals surface area contributed by atoms with Gasteiger partial charge in [0.1, 0.15) is 6.33 Å². The smallest absolute Gasteiger partial charge is 0.155 e. The normalized spacial score (nSPS) is 11.4. The van der Waals surface area contributed by atoms with Crippen LogP contribution in [0.2, 0.25) is 0 Å². The Labute approximate surface area is 144 Å². The summed E-state index contributed by atoms with van der Waals surface area (Å²) in [5.41, 5.74) is 7.13. The average Bonchev–Trinajstić information content (AvgIpc) is 3.24. The molecule has 0 atom stereocenters. The van der Waals surface area contributed by atoms with Gasteiger partial charge in [0, 0.05) is 23.5 Å². The molecule has 0 aliphatic heterocycles. The summed E-state index contributed by atoms with van der Waals surface area (Å²) < 4.78 is 3.98. The minimum Gasteiger partial charge on any atom is -0.299 e. The van der Waals surface area contributed by atoms with Crippen molar-refractivity contribution in [1.82, 2.24) is 24.1 Å². The van der Waals surface area contributed by atoms with E-state index >= 15 is 0 Å². The Morgan fingerprint density at radius 1 is 0.880 bits per heavy atom. The van der Waals surface area contributed by atoms with E-state index in [0.29, 0.717) is 0 Å². The highest BCUT2D eigenvalue weighted by atomic mass is 15.3. The van der Waals surface area contributed by atoms with Crippen molar-refractivity contribution in [2.24, 2.45) is 0 Å². The summed E-state index contributed by atoms with van der Waals surface area (Å²) in [7, 11) is 0. The number of nitrogens with zero attached hydrogens (tertiary/aromatic N) is 5. The molecule has 0 fully saturated rings. The lowest BCUT2D eigenvalue weighted by molar-refractivity contribution is 0.925. The van der Waals surface area contributed by atoms with Crippen LogP contribution in [0.4, 0.5) is 0 Å². The number of aromatic nitrogens is 5. The number of hydrogen-bond acceptors (Lipinski definition) is 3. The number of aryl methyl sites for hydroxylation is 1. The highest BCUT2D eigenvalue weighted by Gasteiger charge is 2.08. The monoisotopic (exact) mass is 325 g/mol. The fourth-order valence-electron chi connectivity index (χ4n) is 3.19. The van der Waals surface area contributed by atoms with Crippen LogP contribution in [0.3, 0.4) is 0 Å². The molecule has 2 aromatic carbocycles. The predicted octanol–water partition coefficient (Wildman–Crippen LogP) is 4.04. The third-order valence-corrected chi connectivity index (χ3v) is 4.37. The van der Waals surface area contributed by atoms with E-state index in [1.165, 1.54) is 0 Å². The maximum atomic E-state index is 4.54. The summed E-state index contributed by atoms with van der Waals surface area (Å²) in [6.45, 7) is 1.98. The van der Waals surface area contributed by atoms with Gasteiger partial charge in [-0.2, -0.15) is 5.10 Å². The molecule has 0 aliphatic rings. The highest BCUT2D eigenvalue weighted by molar-refractivity contribution is 5.77. The number of hydrogen-bond donors (Lipinski definition) is 0. The third-order valence-electron chi connectivity index (χ3n) is 4.37. The maximum Gasteiger partial charge on any atom is 0.155 e. The highest BCUT2D eigenvalue weighted by Crippen LogP contribution is 2.23. The molecule has 0 saturated carbocycles. The van der Waals surface area contributed by atoms with E-state index in [2.05, 4.69) is 50.0 Å². The zero-order valence-corrected chi connectivity index (χ0v) is 13.7. The molecular formula is C20H15N5. The Bertz CT molecular complexity index is 1200. The molecule has 5 rings (SSSR count). The molecule has 0 N–H and O–H groups in total. The molecule has 5 nitrogen and oxygen atoms in total. The summed E-state index contributed by atoms with van der Waals surface area (Å²) >= 11 is 0. The minimum absolute atomic E-state index is 0.861. The molecule has 120 valence electrons. The molecule has 5 heteroatoms. The summed E-state index contributed by atoms with van der Waals surface area (Å²) in [4.78, 5) is 8.83. The summed E-state index contributed by atoms with van der Waals surface area (Å²) in [6, 6.07) is 20.5. The molecular weight excluding hydrogens is 310 g/mol. The van der Waals surface area contributed by atoms with E-state index in [1.807, 2.05) is 54.3 Å². The molecule has 5 aromatic rings. The Balaban J connectivity index is 1.61. The van der Waals surface area contributed by atoms with Gasteiger partial charge in [-0.05, 0) is 37.3 Å². The van der Waals surface area contributed by atoms with E-state index < -0.39 is 0 Å². The van der Waals surface area contributed by atoms with Gasteiger partial charge in [0.25, 0.3) is 0 Å². The van der Waals surface area contributed by atoms with Crippen LogP contribution in [0.1, 0.15) is 5.69 Å². The lowest BCUT2D eigenvalue weighted by Crippen LogP contribution is -1.96. The predicted molar refractivity (Wildman–Crippen MR) is 97.8 cm³/mol. The van der Waals surface area contributed by atoms with Crippen LogP contribution >= 0.6 is 0 Å². The van der Waals surface area contributed by atoms with Gasteiger partial charge in [-0.15, -0.1) is 0 Å². The topological polar surface area (TPSA) is 48.0 Å². The van der Waals surface area contributed by atoms with Gasteiger partial charge < -0.3 is 0 Å². The van der Waals surface area contributed by atoms with Gasteiger partial charge >= 0.3 is 0 Å². The average molecular weight is 325 g/mol. The van der Waals surface area contributed by atoms with E-state index in [0.717, 1.165) is 39.3 Å². The fourth-order valence-corrected chi connectivity index (χ4v) is 3.19. The van der Waals surface area contributed by atoms with Crippen LogP contribution in [-0.2, 0) is 0 Å². The standard InChI is InChI=1S/C20H15N5/c1-14-12-20-21-11-10-18(25(20)23-14)15-6-8-16(9-7-15)24-13-22-17-4-2-3-5-19(17)24/h2-13H,1H3. The van der Waals surface area contributed by atoms with Crippen molar-refractivity contribution in [3.63, 3.8) is 0 Å².